The van der Waals surface area contributed by atoms with Crippen LogP contribution in [0.15, 0.2) is 36.7 Å². The maximum Gasteiger partial charge on any atom is 0.248 e. The van der Waals surface area contributed by atoms with Crippen LogP contribution in [0.5, 0.6) is 11.6 Å². The molecule has 0 spiro atoms. The molecule has 0 fully saturated rings. The van der Waals surface area contributed by atoms with Crippen molar-refractivity contribution < 1.29 is 4.74 Å². The summed E-state index contributed by atoms with van der Waals surface area (Å²) in [5.74, 6) is 0.934. The van der Waals surface area contributed by atoms with E-state index >= 15 is 0 Å². The van der Waals surface area contributed by atoms with Crippen LogP contribution in [0.1, 0.15) is 5.69 Å². The number of rotatable bonds is 5. The zero-order valence-electron chi connectivity index (χ0n) is 14.0. The number of benzene rings is 1. The van der Waals surface area contributed by atoms with E-state index in [1.54, 1.807) is 6.07 Å². The largest absolute Gasteiger partial charge is 0.435 e. The van der Waals surface area contributed by atoms with Gasteiger partial charge in [0.2, 0.25) is 5.88 Å². The van der Waals surface area contributed by atoms with E-state index in [9.17, 15) is 0 Å². The quantitative estimate of drug-likeness (QED) is 0.699. The summed E-state index contributed by atoms with van der Waals surface area (Å²) in [5.41, 5.74) is 7.84. The highest BCUT2D eigenvalue weighted by atomic mass is 16.5. The lowest BCUT2D eigenvalue weighted by molar-refractivity contribution is 0.468. The monoisotopic (exact) mass is 345 g/mol. The minimum Gasteiger partial charge on any atom is -0.435 e. The van der Waals surface area contributed by atoms with E-state index in [2.05, 4.69) is 15.0 Å². The Kier molecular flexibility index (Phi) is 4.77. The summed E-state index contributed by atoms with van der Waals surface area (Å²) in [6, 6.07) is 13.4. The zero-order chi connectivity index (χ0) is 18.5. The fourth-order valence-electron chi connectivity index (χ4n) is 2.48. The lowest BCUT2D eigenvalue weighted by atomic mass is 10.2. The van der Waals surface area contributed by atoms with Crippen LogP contribution in [0.25, 0.3) is 10.9 Å². The molecule has 2 N–H and O–H groups in total. The summed E-state index contributed by atoms with van der Waals surface area (Å²) in [4.78, 5) is 14.1. The van der Waals surface area contributed by atoms with Gasteiger partial charge in [-0.3, -0.25) is 0 Å². The maximum atomic E-state index is 8.94. The van der Waals surface area contributed by atoms with E-state index in [4.69, 9.17) is 21.0 Å². The molecule has 0 unspecified atom stereocenters. The van der Waals surface area contributed by atoms with Gasteiger partial charge in [0.1, 0.15) is 30.6 Å². The Morgan fingerprint density at radius 2 is 1.88 bits per heavy atom. The van der Waals surface area contributed by atoms with Crippen molar-refractivity contribution >= 4 is 22.4 Å². The first-order valence-corrected chi connectivity index (χ1v) is 7.77. The van der Waals surface area contributed by atoms with Gasteiger partial charge in [0.05, 0.1) is 12.1 Å². The molecule has 3 aromatic rings. The highest BCUT2D eigenvalue weighted by molar-refractivity contribution is 5.85. The summed E-state index contributed by atoms with van der Waals surface area (Å²) in [5, 5.41) is 18.8. The highest BCUT2D eigenvalue weighted by Gasteiger charge is 2.17. The van der Waals surface area contributed by atoms with Crippen LogP contribution >= 0.6 is 0 Å². The average molecular weight is 345 g/mol. The number of pyridine rings is 1. The Hall–Kier alpha value is -3.91. The van der Waals surface area contributed by atoms with Crippen LogP contribution < -0.4 is 15.4 Å². The van der Waals surface area contributed by atoms with Crippen LogP contribution in [0.2, 0.25) is 0 Å². The van der Waals surface area contributed by atoms with Crippen molar-refractivity contribution in [3.63, 3.8) is 0 Å². The molecule has 26 heavy (non-hydrogen) atoms. The molecule has 0 bridgehead atoms. The topological polar surface area (TPSA) is 125 Å². The SMILES string of the molecule is Cc1ccc2cccc(Oc3ncnc(N(CC#N)CC#N)c3N)c2n1. The number of nitrogen functional groups attached to an aromatic ring is 1. The Balaban J connectivity index is 2.02. The van der Waals surface area contributed by atoms with Crippen LogP contribution in [0.4, 0.5) is 11.5 Å². The molecule has 0 aliphatic carbocycles. The summed E-state index contributed by atoms with van der Waals surface area (Å²) < 4.78 is 5.89. The van der Waals surface area contributed by atoms with E-state index in [-0.39, 0.29) is 30.5 Å². The van der Waals surface area contributed by atoms with E-state index in [1.165, 1.54) is 11.2 Å². The summed E-state index contributed by atoms with van der Waals surface area (Å²) in [6.45, 7) is 1.85. The summed E-state index contributed by atoms with van der Waals surface area (Å²) in [7, 11) is 0. The number of aryl methyl sites for hydroxylation is 1. The first-order chi connectivity index (χ1) is 12.6. The van der Waals surface area contributed by atoms with Crippen LogP contribution in [-0.4, -0.2) is 28.0 Å². The Bertz CT molecular complexity index is 1020. The van der Waals surface area contributed by atoms with Gasteiger partial charge in [0.15, 0.2) is 11.6 Å². The number of anilines is 2. The molecular formula is C18H15N7O. The molecule has 0 radical (unpaired) electrons. The predicted molar refractivity (Wildman–Crippen MR) is 96.4 cm³/mol. The Labute approximate surface area is 150 Å². The molecule has 2 heterocycles. The highest BCUT2D eigenvalue weighted by Crippen LogP contribution is 2.34. The van der Waals surface area contributed by atoms with E-state index in [0.717, 1.165) is 11.1 Å². The Morgan fingerprint density at radius 1 is 1.12 bits per heavy atom. The fourth-order valence-corrected chi connectivity index (χ4v) is 2.48. The third-order valence-electron chi connectivity index (χ3n) is 3.68. The van der Waals surface area contributed by atoms with Gasteiger partial charge in [-0.1, -0.05) is 18.2 Å². The molecule has 2 aromatic heterocycles. The van der Waals surface area contributed by atoms with Gasteiger partial charge in [-0.05, 0) is 19.1 Å². The molecule has 0 atom stereocenters. The van der Waals surface area contributed by atoms with Gasteiger partial charge in [-0.15, -0.1) is 0 Å². The average Bonchev–Trinajstić information content (AvgIpc) is 2.64. The molecule has 0 saturated heterocycles. The van der Waals surface area contributed by atoms with E-state index in [1.807, 2.05) is 43.3 Å². The molecule has 0 aliphatic heterocycles. The lowest BCUT2D eigenvalue weighted by Gasteiger charge is -2.19. The smallest absolute Gasteiger partial charge is 0.248 e. The molecule has 1 aromatic carbocycles. The van der Waals surface area contributed by atoms with Crippen molar-refractivity contribution in [3.8, 4) is 23.8 Å². The fraction of sp³-hybridized carbons (Fsp3) is 0.167. The van der Waals surface area contributed by atoms with Gasteiger partial charge in [0.25, 0.3) is 0 Å². The van der Waals surface area contributed by atoms with Crippen molar-refractivity contribution in [2.75, 3.05) is 23.7 Å². The number of hydrogen-bond acceptors (Lipinski definition) is 8. The van der Waals surface area contributed by atoms with Gasteiger partial charge in [-0.2, -0.15) is 15.5 Å². The number of nitrogens with two attached hydrogens (primary N) is 1. The number of nitrogens with zero attached hydrogens (tertiary/aromatic N) is 6. The van der Waals surface area contributed by atoms with E-state index in [0.29, 0.717) is 11.3 Å². The first-order valence-electron chi connectivity index (χ1n) is 7.77. The first kappa shape index (κ1) is 16.9. The number of ether oxygens (including phenoxy) is 1. The van der Waals surface area contributed by atoms with Crippen molar-refractivity contribution in [1.29, 1.82) is 10.5 Å². The van der Waals surface area contributed by atoms with Crippen LogP contribution in [0, 0.1) is 29.6 Å². The zero-order valence-corrected chi connectivity index (χ0v) is 14.0. The molecule has 0 amide bonds. The van der Waals surface area contributed by atoms with Gasteiger partial charge < -0.3 is 15.4 Å². The number of nitriles is 2. The molecule has 3 rings (SSSR count). The van der Waals surface area contributed by atoms with Crippen molar-refractivity contribution in [3.05, 3.63) is 42.4 Å². The third kappa shape index (κ3) is 3.30. The third-order valence-corrected chi connectivity index (χ3v) is 3.68. The maximum absolute atomic E-state index is 8.94. The summed E-state index contributed by atoms with van der Waals surface area (Å²) in [6.07, 6.45) is 1.28. The minimum absolute atomic E-state index is 0.0246. The summed E-state index contributed by atoms with van der Waals surface area (Å²) >= 11 is 0. The second-order valence-corrected chi connectivity index (χ2v) is 5.47. The molecule has 128 valence electrons. The molecule has 8 heteroatoms. The van der Waals surface area contributed by atoms with Crippen LogP contribution in [-0.2, 0) is 0 Å². The van der Waals surface area contributed by atoms with Crippen molar-refractivity contribution in [2.45, 2.75) is 6.92 Å². The van der Waals surface area contributed by atoms with Crippen molar-refractivity contribution in [2.24, 2.45) is 0 Å². The van der Waals surface area contributed by atoms with Crippen LogP contribution in [0.3, 0.4) is 0 Å². The standard InChI is InChI=1S/C18H15N7O/c1-12-5-6-13-3-2-4-14(16(13)24-12)26-18-15(21)17(22-11-23-18)25(9-7-19)10-8-20/h2-6,11H,9-10,21H2,1H3. The normalized spacial score (nSPS) is 10.1. The van der Waals surface area contributed by atoms with Gasteiger partial charge in [-0.25, -0.2) is 9.97 Å². The Morgan fingerprint density at radius 3 is 2.62 bits per heavy atom. The number of para-hydroxylation sites is 1. The van der Waals surface area contributed by atoms with Gasteiger partial charge in [0, 0.05) is 11.1 Å². The lowest BCUT2D eigenvalue weighted by Crippen LogP contribution is -2.26. The minimum atomic E-state index is -0.0246. The molecule has 0 aliphatic rings. The second kappa shape index (κ2) is 7.32. The number of aromatic nitrogens is 3. The van der Waals surface area contributed by atoms with Gasteiger partial charge >= 0.3 is 0 Å². The second-order valence-electron chi connectivity index (χ2n) is 5.47. The molecule has 8 nitrogen and oxygen atoms in total. The van der Waals surface area contributed by atoms with Crippen molar-refractivity contribution in [1.82, 2.24) is 15.0 Å². The number of hydrogen-bond donors (Lipinski definition) is 1. The molecule has 0 saturated carbocycles. The number of fused-ring (bicyclic) bond motifs is 1. The molecular weight excluding hydrogens is 330 g/mol. The van der Waals surface area contributed by atoms with E-state index < -0.39 is 0 Å². The predicted octanol–water partition coefficient (Wildman–Crippen LogP) is 2.56.